The van der Waals surface area contributed by atoms with Gasteiger partial charge in [-0.3, -0.25) is 4.79 Å². The number of aliphatic carboxylic acids is 1. The molecule has 1 rings (SSSR count). The second-order valence-electron chi connectivity index (χ2n) is 3.26. The molecule has 0 unspecified atom stereocenters. The first kappa shape index (κ1) is 13.5. The average molecular weight is 214 g/mol. The average Bonchev–Trinajstić information content (AvgIpc) is 2.52. The van der Waals surface area contributed by atoms with Crippen LogP contribution < -0.4 is 0 Å². The van der Waals surface area contributed by atoms with Crippen molar-refractivity contribution >= 4 is 5.97 Å². The molecule has 0 aliphatic heterocycles. The van der Waals surface area contributed by atoms with Crippen LogP contribution in [0.4, 0.5) is 0 Å². The number of hydrogen-bond donors (Lipinski definition) is 2. The molecule has 15 heavy (non-hydrogen) atoms. The van der Waals surface area contributed by atoms with E-state index in [9.17, 15) is 4.79 Å². The molecule has 0 amide bonds. The largest absolute Gasteiger partial charge is 0.481 e. The fourth-order valence-electron chi connectivity index (χ4n) is 0.891. The van der Waals surface area contributed by atoms with Crippen molar-refractivity contribution in [3.63, 3.8) is 0 Å². The fraction of sp³-hybridized carbons (Fsp3) is 0.545. The SMILES string of the molecule is CCCCCC(=O)O.Cc1ccoc1O. The molecule has 1 aromatic heterocycles. The molecule has 1 aromatic rings. The molecule has 0 aliphatic rings. The predicted octanol–water partition coefficient (Wildman–Crippen LogP) is 2.94. The van der Waals surface area contributed by atoms with Gasteiger partial charge in [-0.1, -0.05) is 19.8 Å². The van der Waals surface area contributed by atoms with Gasteiger partial charge in [0.2, 0.25) is 0 Å². The summed E-state index contributed by atoms with van der Waals surface area (Å²) in [4.78, 5) is 9.87. The van der Waals surface area contributed by atoms with Crippen LogP contribution >= 0.6 is 0 Å². The summed E-state index contributed by atoms with van der Waals surface area (Å²) >= 11 is 0. The minimum absolute atomic E-state index is 0.0139. The molecular weight excluding hydrogens is 196 g/mol. The Hall–Kier alpha value is -1.45. The standard InChI is InChI=1S/C6H12O2.C5H6O2/c1-2-3-4-5-6(7)8;1-4-2-3-7-5(4)6/h2-5H2,1H3,(H,7,8);2-3,6H,1H3. The fourth-order valence-corrected chi connectivity index (χ4v) is 0.891. The van der Waals surface area contributed by atoms with Crippen molar-refractivity contribution in [2.24, 2.45) is 0 Å². The van der Waals surface area contributed by atoms with Crippen LogP contribution in [0.25, 0.3) is 0 Å². The number of aromatic hydroxyl groups is 1. The minimum Gasteiger partial charge on any atom is -0.481 e. The molecule has 0 atom stereocenters. The summed E-state index contributed by atoms with van der Waals surface area (Å²) in [6, 6.07) is 1.70. The van der Waals surface area contributed by atoms with Gasteiger partial charge in [-0.05, 0) is 19.4 Å². The Morgan fingerprint density at radius 2 is 2.13 bits per heavy atom. The first-order chi connectivity index (χ1) is 7.07. The quantitative estimate of drug-likeness (QED) is 0.756. The molecule has 86 valence electrons. The van der Waals surface area contributed by atoms with Crippen LogP contribution in [-0.4, -0.2) is 16.2 Å². The van der Waals surface area contributed by atoms with E-state index in [0.717, 1.165) is 24.8 Å². The van der Waals surface area contributed by atoms with Gasteiger partial charge < -0.3 is 14.6 Å². The molecule has 0 saturated heterocycles. The lowest BCUT2D eigenvalue weighted by atomic mass is 10.2. The van der Waals surface area contributed by atoms with Gasteiger partial charge in [-0.15, -0.1) is 0 Å². The van der Waals surface area contributed by atoms with Gasteiger partial charge in [-0.25, -0.2) is 0 Å². The van der Waals surface area contributed by atoms with Crippen LogP contribution in [0.15, 0.2) is 16.7 Å². The van der Waals surface area contributed by atoms with Crippen molar-refractivity contribution in [1.82, 2.24) is 0 Å². The zero-order valence-corrected chi connectivity index (χ0v) is 9.19. The summed E-state index contributed by atoms with van der Waals surface area (Å²) in [6.07, 6.45) is 4.73. The van der Waals surface area contributed by atoms with E-state index in [1.54, 1.807) is 13.0 Å². The monoisotopic (exact) mass is 214 g/mol. The van der Waals surface area contributed by atoms with Crippen LogP contribution in [0.1, 0.15) is 38.2 Å². The summed E-state index contributed by atoms with van der Waals surface area (Å²) < 4.78 is 4.52. The van der Waals surface area contributed by atoms with Crippen molar-refractivity contribution < 1.29 is 19.4 Å². The Bertz CT molecular complexity index is 261. The maximum Gasteiger partial charge on any atom is 0.303 e. The van der Waals surface area contributed by atoms with E-state index >= 15 is 0 Å². The lowest BCUT2D eigenvalue weighted by molar-refractivity contribution is -0.137. The Labute approximate surface area is 89.5 Å². The van der Waals surface area contributed by atoms with E-state index < -0.39 is 5.97 Å². The van der Waals surface area contributed by atoms with Gasteiger partial charge in [-0.2, -0.15) is 0 Å². The van der Waals surface area contributed by atoms with Gasteiger partial charge >= 0.3 is 5.97 Å². The van der Waals surface area contributed by atoms with E-state index in [1.807, 2.05) is 0 Å². The predicted molar refractivity (Wildman–Crippen MR) is 56.9 cm³/mol. The number of aryl methyl sites for hydroxylation is 1. The normalized spacial score (nSPS) is 9.20. The molecule has 2 N–H and O–H groups in total. The highest BCUT2D eigenvalue weighted by molar-refractivity contribution is 5.66. The highest BCUT2D eigenvalue weighted by atomic mass is 16.5. The second kappa shape index (κ2) is 7.91. The third-order valence-electron chi connectivity index (χ3n) is 1.83. The Morgan fingerprint density at radius 3 is 2.40 bits per heavy atom. The van der Waals surface area contributed by atoms with Gasteiger partial charge in [0.15, 0.2) is 0 Å². The van der Waals surface area contributed by atoms with Gasteiger partial charge in [0.1, 0.15) is 0 Å². The summed E-state index contributed by atoms with van der Waals surface area (Å²) in [5.41, 5.74) is 0.778. The van der Waals surface area contributed by atoms with E-state index in [0.29, 0.717) is 6.42 Å². The third kappa shape index (κ3) is 7.61. The summed E-state index contributed by atoms with van der Waals surface area (Å²) in [5.74, 6) is -0.668. The number of carbonyl (C=O) groups is 1. The van der Waals surface area contributed by atoms with Crippen molar-refractivity contribution in [3.8, 4) is 5.95 Å². The molecule has 4 heteroatoms. The third-order valence-corrected chi connectivity index (χ3v) is 1.83. The van der Waals surface area contributed by atoms with Gasteiger partial charge in [0, 0.05) is 12.0 Å². The van der Waals surface area contributed by atoms with E-state index in [2.05, 4.69) is 11.3 Å². The highest BCUT2D eigenvalue weighted by Crippen LogP contribution is 2.14. The zero-order valence-electron chi connectivity index (χ0n) is 9.19. The molecule has 0 spiro atoms. The Balaban J connectivity index is 0.000000262. The van der Waals surface area contributed by atoms with Crippen LogP contribution in [0.5, 0.6) is 5.95 Å². The summed E-state index contributed by atoms with van der Waals surface area (Å²) in [5, 5.41) is 16.7. The first-order valence-electron chi connectivity index (χ1n) is 5.02. The minimum atomic E-state index is -0.682. The van der Waals surface area contributed by atoms with Gasteiger partial charge in [0.25, 0.3) is 5.95 Å². The number of unbranched alkanes of at least 4 members (excludes halogenated alkanes) is 2. The number of hydrogen-bond acceptors (Lipinski definition) is 3. The van der Waals surface area contributed by atoms with E-state index in [-0.39, 0.29) is 5.95 Å². The van der Waals surface area contributed by atoms with E-state index in [1.165, 1.54) is 6.26 Å². The molecule has 0 radical (unpaired) electrons. The number of carboxylic acid groups (broad SMARTS) is 1. The van der Waals surface area contributed by atoms with E-state index in [4.69, 9.17) is 10.2 Å². The van der Waals surface area contributed by atoms with Crippen LogP contribution in [0.3, 0.4) is 0 Å². The van der Waals surface area contributed by atoms with Crippen LogP contribution in [0.2, 0.25) is 0 Å². The second-order valence-corrected chi connectivity index (χ2v) is 3.26. The van der Waals surface area contributed by atoms with Crippen molar-refractivity contribution in [2.75, 3.05) is 0 Å². The summed E-state index contributed by atoms with van der Waals surface area (Å²) in [6.45, 7) is 3.83. The summed E-state index contributed by atoms with van der Waals surface area (Å²) in [7, 11) is 0. The zero-order chi connectivity index (χ0) is 11.7. The number of furan rings is 1. The lowest BCUT2D eigenvalue weighted by Gasteiger charge is -1.89. The lowest BCUT2D eigenvalue weighted by Crippen LogP contribution is -1.92. The molecular formula is C11H18O4. The van der Waals surface area contributed by atoms with Crippen molar-refractivity contribution in [1.29, 1.82) is 0 Å². The molecule has 0 aliphatic carbocycles. The number of carboxylic acids is 1. The maximum absolute atomic E-state index is 9.87. The molecule has 1 heterocycles. The smallest absolute Gasteiger partial charge is 0.303 e. The van der Waals surface area contributed by atoms with Crippen molar-refractivity contribution in [2.45, 2.75) is 39.5 Å². The Kier molecular flexibility index (Phi) is 7.14. The van der Waals surface area contributed by atoms with Gasteiger partial charge in [0.05, 0.1) is 6.26 Å². The highest BCUT2D eigenvalue weighted by Gasteiger charge is 1.93. The van der Waals surface area contributed by atoms with Crippen LogP contribution in [0, 0.1) is 6.92 Å². The molecule has 0 saturated carbocycles. The molecule has 0 fully saturated rings. The molecule has 4 nitrogen and oxygen atoms in total. The maximum atomic E-state index is 9.87. The number of rotatable bonds is 4. The first-order valence-corrected chi connectivity index (χ1v) is 5.02. The Morgan fingerprint density at radius 1 is 1.47 bits per heavy atom. The van der Waals surface area contributed by atoms with Crippen LogP contribution in [-0.2, 0) is 4.79 Å². The van der Waals surface area contributed by atoms with Crippen molar-refractivity contribution in [3.05, 3.63) is 17.9 Å². The molecule has 0 aromatic carbocycles. The topological polar surface area (TPSA) is 70.7 Å². The molecule has 0 bridgehead atoms.